The number of aryl methyl sites for hydroxylation is 1. The van der Waals surface area contributed by atoms with Crippen LogP contribution in [0.1, 0.15) is 31.9 Å². The van der Waals surface area contributed by atoms with Gasteiger partial charge in [0.05, 0.1) is 19.3 Å². The second-order valence-electron chi connectivity index (χ2n) is 5.25. The lowest BCUT2D eigenvalue weighted by atomic mass is 9.95. The molecule has 0 bridgehead atoms. The van der Waals surface area contributed by atoms with Gasteiger partial charge < -0.3 is 14.6 Å². The summed E-state index contributed by atoms with van der Waals surface area (Å²) in [5, 5.41) is 10.4. The standard InChI is InChI=1S/C16H26O3/c1-6-19-16(11(2)3)14(17)10-13-9-12(4)7-8-15(13)18-5/h7-9,11,14,16-17H,6,10H2,1-5H3. The molecule has 19 heavy (non-hydrogen) atoms. The van der Waals surface area contributed by atoms with Crippen molar-refractivity contribution in [3.63, 3.8) is 0 Å². The summed E-state index contributed by atoms with van der Waals surface area (Å²) in [5.74, 6) is 1.11. The molecule has 2 unspecified atom stereocenters. The van der Waals surface area contributed by atoms with Crippen molar-refractivity contribution in [1.29, 1.82) is 0 Å². The minimum Gasteiger partial charge on any atom is -0.496 e. The predicted octanol–water partition coefficient (Wildman–Crippen LogP) is 2.97. The van der Waals surface area contributed by atoms with Crippen molar-refractivity contribution in [3.8, 4) is 5.75 Å². The normalized spacial score (nSPS) is 14.5. The van der Waals surface area contributed by atoms with E-state index >= 15 is 0 Å². The van der Waals surface area contributed by atoms with Crippen LogP contribution in [0.4, 0.5) is 0 Å². The van der Waals surface area contributed by atoms with Crippen molar-refractivity contribution in [2.45, 2.75) is 46.3 Å². The molecule has 0 amide bonds. The van der Waals surface area contributed by atoms with Crippen LogP contribution in [0, 0.1) is 12.8 Å². The number of aliphatic hydroxyl groups is 1. The van der Waals surface area contributed by atoms with Crippen LogP contribution < -0.4 is 4.74 Å². The number of rotatable bonds is 7. The number of benzene rings is 1. The Kier molecular flexibility index (Phi) is 6.32. The second-order valence-corrected chi connectivity index (χ2v) is 5.25. The fraction of sp³-hybridized carbons (Fsp3) is 0.625. The summed E-state index contributed by atoms with van der Waals surface area (Å²) in [7, 11) is 1.66. The Morgan fingerprint density at radius 3 is 2.47 bits per heavy atom. The van der Waals surface area contributed by atoms with Gasteiger partial charge in [-0.15, -0.1) is 0 Å². The van der Waals surface area contributed by atoms with Gasteiger partial charge in [-0.05, 0) is 31.4 Å². The third-order valence-electron chi connectivity index (χ3n) is 3.26. The molecule has 1 rings (SSSR count). The first-order chi connectivity index (χ1) is 8.99. The van der Waals surface area contributed by atoms with Crippen LogP contribution in [-0.4, -0.2) is 31.0 Å². The van der Waals surface area contributed by atoms with Crippen LogP contribution >= 0.6 is 0 Å². The molecule has 0 heterocycles. The van der Waals surface area contributed by atoms with Crippen molar-refractivity contribution in [1.82, 2.24) is 0 Å². The first-order valence-corrected chi connectivity index (χ1v) is 6.92. The zero-order chi connectivity index (χ0) is 14.4. The molecule has 2 atom stereocenters. The van der Waals surface area contributed by atoms with E-state index in [1.807, 2.05) is 26.0 Å². The molecule has 0 aliphatic rings. The van der Waals surface area contributed by atoms with Crippen LogP contribution in [0.5, 0.6) is 5.75 Å². The van der Waals surface area contributed by atoms with Crippen LogP contribution in [0.25, 0.3) is 0 Å². The van der Waals surface area contributed by atoms with Gasteiger partial charge in [0, 0.05) is 13.0 Å². The fourth-order valence-corrected chi connectivity index (χ4v) is 2.35. The van der Waals surface area contributed by atoms with Crippen molar-refractivity contribution in [3.05, 3.63) is 29.3 Å². The Morgan fingerprint density at radius 1 is 1.26 bits per heavy atom. The summed E-state index contributed by atoms with van der Waals surface area (Å²) < 4.78 is 11.0. The maximum Gasteiger partial charge on any atom is 0.122 e. The molecule has 3 heteroatoms. The zero-order valence-corrected chi connectivity index (χ0v) is 12.6. The van der Waals surface area contributed by atoms with E-state index in [2.05, 4.69) is 19.9 Å². The largest absolute Gasteiger partial charge is 0.496 e. The molecule has 1 N–H and O–H groups in total. The van der Waals surface area contributed by atoms with Gasteiger partial charge in [-0.2, -0.15) is 0 Å². The minimum absolute atomic E-state index is 0.143. The topological polar surface area (TPSA) is 38.7 Å². The van der Waals surface area contributed by atoms with Crippen LogP contribution in [0.2, 0.25) is 0 Å². The Balaban J connectivity index is 2.85. The van der Waals surface area contributed by atoms with E-state index in [-0.39, 0.29) is 12.0 Å². The van der Waals surface area contributed by atoms with Gasteiger partial charge in [0.25, 0.3) is 0 Å². The average molecular weight is 266 g/mol. The van der Waals surface area contributed by atoms with E-state index in [0.29, 0.717) is 13.0 Å². The maximum atomic E-state index is 10.4. The van der Waals surface area contributed by atoms with Gasteiger partial charge in [-0.1, -0.05) is 31.5 Å². The van der Waals surface area contributed by atoms with Crippen LogP contribution in [-0.2, 0) is 11.2 Å². The van der Waals surface area contributed by atoms with Gasteiger partial charge in [-0.3, -0.25) is 0 Å². The van der Waals surface area contributed by atoms with Crippen molar-refractivity contribution in [2.75, 3.05) is 13.7 Å². The van der Waals surface area contributed by atoms with E-state index in [9.17, 15) is 5.11 Å². The van der Waals surface area contributed by atoms with E-state index in [1.165, 1.54) is 5.56 Å². The summed E-state index contributed by atoms with van der Waals surface area (Å²) in [4.78, 5) is 0. The van der Waals surface area contributed by atoms with E-state index in [4.69, 9.17) is 9.47 Å². The Morgan fingerprint density at radius 2 is 1.95 bits per heavy atom. The van der Waals surface area contributed by atoms with E-state index < -0.39 is 6.10 Å². The molecule has 108 valence electrons. The first kappa shape index (κ1) is 16.0. The Hall–Kier alpha value is -1.06. The number of methoxy groups -OCH3 is 1. The van der Waals surface area contributed by atoms with Gasteiger partial charge in [0.1, 0.15) is 5.75 Å². The van der Waals surface area contributed by atoms with Crippen LogP contribution in [0.15, 0.2) is 18.2 Å². The molecular formula is C16H26O3. The maximum absolute atomic E-state index is 10.4. The highest BCUT2D eigenvalue weighted by atomic mass is 16.5. The molecule has 0 fully saturated rings. The van der Waals surface area contributed by atoms with Gasteiger partial charge >= 0.3 is 0 Å². The number of aliphatic hydroxyl groups excluding tert-OH is 1. The zero-order valence-electron chi connectivity index (χ0n) is 12.6. The number of ether oxygens (including phenoxy) is 2. The van der Waals surface area contributed by atoms with Gasteiger partial charge in [-0.25, -0.2) is 0 Å². The third kappa shape index (κ3) is 4.51. The molecule has 0 saturated heterocycles. The Labute approximate surface area is 116 Å². The molecule has 0 spiro atoms. The van der Waals surface area contributed by atoms with Crippen LogP contribution in [0.3, 0.4) is 0 Å². The third-order valence-corrected chi connectivity index (χ3v) is 3.26. The summed E-state index contributed by atoms with van der Waals surface area (Å²) >= 11 is 0. The van der Waals surface area contributed by atoms with Crippen molar-refractivity contribution >= 4 is 0 Å². The Bertz CT molecular complexity index is 388. The SMILES string of the molecule is CCOC(C(C)C)C(O)Cc1cc(C)ccc1OC. The lowest BCUT2D eigenvalue weighted by Crippen LogP contribution is -2.35. The minimum atomic E-state index is -0.518. The summed E-state index contributed by atoms with van der Waals surface area (Å²) in [5.41, 5.74) is 2.20. The second kappa shape index (κ2) is 7.51. The summed E-state index contributed by atoms with van der Waals surface area (Å²) in [6, 6.07) is 6.02. The quantitative estimate of drug-likeness (QED) is 0.824. The number of hydrogen-bond donors (Lipinski definition) is 1. The molecule has 0 aliphatic heterocycles. The number of hydrogen-bond acceptors (Lipinski definition) is 3. The molecule has 1 aromatic rings. The fourth-order valence-electron chi connectivity index (χ4n) is 2.35. The van der Waals surface area contributed by atoms with Crippen molar-refractivity contribution in [2.24, 2.45) is 5.92 Å². The molecule has 3 nitrogen and oxygen atoms in total. The lowest BCUT2D eigenvalue weighted by molar-refractivity contribution is -0.0563. The van der Waals surface area contributed by atoms with E-state index in [0.717, 1.165) is 11.3 Å². The average Bonchev–Trinajstić information content (AvgIpc) is 2.35. The molecule has 0 aromatic heterocycles. The molecule has 0 saturated carbocycles. The summed E-state index contributed by atoms with van der Waals surface area (Å²) in [6.07, 6.45) is -0.112. The molecule has 0 aliphatic carbocycles. The lowest BCUT2D eigenvalue weighted by Gasteiger charge is -2.26. The molecule has 0 radical (unpaired) electrons. The highest BCUT2D eigenvalue weighted by Crippen LogP contribution is 2.23. The van der Waals surface area contributed by atoms with Crippen molar-refractivity contribution < 1.29 is 14.6 Å². The molecular weight excluding hydrogens is 240 g/mol. The highest BCUT2D eigenvalue weighted by Gasteiger charge is 2.24. The smallest absolute Gasteiger partial charge is 0.122 e. The first-order valence-electron chi connectivity index (χ1n) is 6.92. The predicted molar refractivity (Wildman–Crippen MR) is 77.7 cm³/mol. The highest BCUT2D eigenvalue weighted by molar-refractivity contribution is 5.37. The van der Waals surface area contributed by atoms with E-state index in [1.54, 1.807) is 7.11 Å². The monoisotopic (exact) mass is 266 g/mol. The van der Waals surface area contributed by atoms with Gasteiger partial charge in [0.15, 0.2) is 0 Å². The van der Waals surface area contributed by atoms with Gasteiger partial charge in [0.2, 0.25) is 0 Å². The summed E-state index contributed by atoms with van der Waals surface area (Å²) in [6.45, 7) is 8.74. The molecule has 1 aromatic carbocycles.